The summed E-state index contributed by atoms with van der Waals surface area (Å²) in [7, 11) is 0. The molecular weight excluding hydrogens is 258 g/mol. The van der Waals surface area contributed by atoms with Crippen molar-refractivity contribution < 1.29 is 9.90 Å². The lowest BCUT2D eigenvalue weighted by molar-refractivity contribution is -0.138. The Labute approximate surface area is 97.4 Å². The Kier molecular flexibility index (Phi) is 3.88. The highest BCUT2D eigenvalue weighted by Gasteiger charge is 2.14. The van der Waals surface area contributed by atoms with Crippen LogP contribution in [0.5, 0.6) is 0 Å². The zero-order valence-electron chi connectivity index (χ0n) is 8.75. The Bertz CT molecular complexity index is 390. The fourth-order valence-electron chi connectivity index (χ4n) is 1.41. The summed E-state index contributed by atoms with van der Waals surface area (Å²) in [6.45, 7) is 3.96. The molecule has 0 aromatic heterocycles. The lowest BCUT2D eigenvalue weighted by Gasteiger charge is -2.12. The number of hydrogen-bond donors (Lipinski definition) is 2. The highest BCUT2D eigenvalue weighted by atomic mass is 79.9. The molecule has 3 N–H and O–H groups in total. The maximum Gasteiger partial charge on any atom is 0.320 e. The summed E-state index contributed by atoms with van der Waals surface area (Å²) < 4.78 is 1.03. The average molecular weight is 272 g/mol. The fraction of sp³-hybridized carbons (Fsp3) is 0.364. The molecule has 3 nitrogen and oxygen atoms in total. The molecule has 82 valence electrons. The van der Waals surface area contributed by atoms with Crippen molar-refractivity contribution in [3.63, 3.8) is 0 Å². The van der Waals surface area contributed by atoms with Crippen molar-refractivity contribution in [3.8, 4) is 0 Å². The van der Waals surface area contributed by atoms with Crippen molar-refractivity contribution in [1.82, 2.24) is 0 Å². The van der Waals surface area contributed by atoms with Crippen LogP contribution in [-0.4, -0.2) is 17.1 Å². The smallest absolute Gasteiger partial charge is 0.320 e. The van der Waals surface area contributed by atoms with E-state index in [1.54, 1.807) is 0 Å². The monoisotopic (exact) mass is 271 g/mol. The van der Waals surface area contributed by atoms with Crippen LogP contribution in [0.15, 0.2) is 16.6 Å². The van der Waals surface area contributed by atoms with Crippen LogP contribution >= 0.6 is 15.9 Å². The van der Waals surface area contributed by atoms with E-state index in [2.05, 4.69) is 15.9 Å². The van der Waals surface area contributed by atoms with E-state index in [1.165, 1.54) is 0 Å². The van der Waals surface area contributed by atoms with E-state index in [4.69, 9.17) is 10.8 Å². The first kappa shape index (κ1) is 12.2. The minimum atomic E-state index is -0.967. The van der Waals surface area contributed by atoms with Crippen molar-refractivity contribution in [2.24, 2.45) is 5.73 Å². The number of carbonyl (C=O) groups is 1. The van der Waals surface area contributed by atoms with Crippen LogP contribution in [0.1, 0.15) is 16.7 Å². The molecule has 15 heavy (non-hydrogen) atoms. The van der Waals surface area contributed by atoms with Crippen LogP contribution in [-0.2, 0) is 11.2 Å². The van der Waals surface area contributed by atoms with Crippen molar-refractivity contribution in [3.05, 3.63) is 33.3 Å². The van der Waals surface area contributed by atoms with Gasteiger partial charge in [-0.05, 0) is 37.0 Å². The van der Waals surface area contributed by atoms with Gasteiger partial charge in [0.15, 0.2) is 0 Å². The summed E-state index contributed by atoms with van der Waals surface area (Å²) in [6, 6.07) is 3.05. The van der Waals surface area contributed by atoms with Crippen LogP contribution in [0.2, 0.25) is 0 Å². The molecule has 0 bridgehead atoms. The summed E-state index contributed by atoms with van der Waals surface area (Å²) in [4.78, 5) is 10.6. The largest absolute Gasteiger partial charge is 0.480 e. The van der Waals surface area contributed by atoms with E-state index in [-0.39, 0.29) is 0 Å². The Hall–Kier alpha value is -0.870. The zero-order chi connectivity index (χ0) is 11.6. The number of hydrogen-bond acceptors (Lipinski definition) is 2. The van der Waals surface area contributed by atoms with Gasteiger partial charge in [-0.25, -0.2) is 0 Å². The quantitative estimate of drug-likeness (QED) is 0.884. The van der Waals surface area contributed by atoms with Gasteiger partial charge >= 0.3 is 5.97 Å². The third-order valence-corrected chi connectivity index (χ3v) is 3.67. The Morgan fingerprint density at radius 2 is 2.13 bits per heavy atom. The molecule has 1 aromatic rings. The molecule has 0 heterocycles. The molecule has 0 saturated carbocycles. The maximum absolute atomic E-state index is 10.6. The second kappa shape index (κ2) is 4.77. The molecule has 4 heteroatoms. The topological polar surface area (TPSA) is 63.3 Å². The number of halogens is 1. The van der Waals surface area contributed by atoms with E-state index in [0.29, 0.717) is 6.42 Å². The van der Waals surface area contributed by atoms with Gasteiger partial charge in [-0.1, -0.05) is 28.1 Å². The molecule has 0 aliphatic rings. The van der Waals surface area contributed by atoms with Gasteiger partial charge in [0.25, 0.3) is 0 Å². The predicted molar refractivity (Wildman–Crippen MR) is 62.9 cm³/mol. The number of carboxylic acid groups (broad SMARTS) is 1. The van der Waals surface area contributed by atoms with Crippen molar-refractivity contribution in [2.45, 2.75) is 26.3 Å². The first-order valence-corrected chi connectivity index (χ1v) is 5.45. The van der Waals surface area contributed by atoms with Gasteiger partial charge in [-0.2, -0.15) is 0 Å². The van der Waals surface area contributed by atoms with E-state index in [0.717, 1.165) is 21.2 Å². The average Bonchev–Trinajstić information content (AvgIpc) is 2.18. The molecule has 1 rings (SSSR count). The van der Waals surface area contributed by atoms with Crippen molar-refractivity contribution in [1.29, 1.82) is 0 Å². The molecule has 0 amide bonds. The first-order chi connectivity index (χ1) is 6.93. The van der Waals surface area contributed by atoms with E-state index in [9.17, 15) is 4.79 Å². The molecule has 0 aliphatic carbocycles. The SMILES string of the molecule is Cc1ccc(CC(N)C(=O)O)c(C)c1Br. The normalized spacial score (nSPS) is 12.5. The Morgan fingerprint density at radius 1 is 1.53 bits per heavy atom. The number of rotatable bonds is 3. The van der Waals surface area contributed by atoms with Crippen LogP contribution in [0.4, 0.5) is 0 Å². The Morgan fingerprint density at radius 3 is 2.67 bits per heavy atom. The summed E-state index contributed by atoms with van der Waals surface area (Å²) in [5, 5.41) is 8.72. The molecule has 1 unspecified atom stereocenters. The van der Waals surface area contributed by atoms with E-state index < -0.39 is 12.0 Å². The number of aliphatic carboxylic acids is 1. The molecule has 0 radical (unpaired) electrons. The minimum Gasteiger partial charge on any atom is -0.480 e. The maximum atomic E-state index is 10.6. The van der Waals surface area contributed by atoms with E-state index >= 15 is 0 Å². The molecule has 1 atom stereocenters. The van der Waals surface area contributed by atoms with Gasteiger partial charge in [-0.3, -0.25) is 4.79 Å². The van der Waals surface area contributed by atoms with Crippen LogP contribution in [0.3, 0.4) is 0 Å². The lowest BCUT2D eigenvalue weighted by atomic mass is 10.00. The second-order valence-electron chi connectivity index (χ2n) is 3.63. The van der Waals surface area contributed by atoms with Crippen LogP contribution in [0.25, 0.3) is 0 Å². The molecular formula is C11H14BrNO2. The Balaban J connectivity index is 2.97. The summed E-state index contributed by atoms with van der Waals surface area (Å²) >= 11 is 3.47. The van der Waals surface area contributed by atoms with Gasteiger partial charge in [0.1, 0.15) is 6.04 Å². The van der Waals surface area contributed by atoms with E-state index in [1.807, 2.05) is 26.0 Å². The highest BCUT2D eigenvalue weighted by molar-refractivity contribution is 9.10. The van der Waals surface area contributed by atoms with Gasteiger partial charge in [0.2, 0.25) is 0 Å². The standard InChI is InChI=1S/C11H14BrNO2/c1-6-3-4-8(7(2)10(6)12)5-9(13)11(14)15/h3-4,9H,5,13H2,1-2H3,(H,14,15). The number of benzene rings is 1. The summed E-state index contributed by atoms with van der Waals surface area (Å²) in [6.07, 6.45) is 0.361. The number of aryl methyl sites for hydroxylation is 1. The summed E-state index contributed by atoms with van der Waals surface area (Å²) in [5.41, 5.74) is 8.67. The number of carboxylic acids is 1. The second-order valence-corrected chi connectivity index (χ2v) is 4.42. The third-order valence-electron chi connectivity index (χ3n) is 2.45. The van der Waals surface area contributed by atoms with Crippen molar-refractivity contribution >= 4 is 21.9 Å². The molecule has 0 spiro atoms. The first-order valence-electron chi connectivity index (χ1n) is 4.66. The van der Waals surface area contributed by atoms with Gasteiger partial charge in [0, 0.05) is 4.47 Å². The van der Waals surface area contributed by atoms with Crippen molar-refractivity contribution in [2.75, 3.05) is 0 Å². The molecule has 0 fully saturated rings. The minimum absolute atomic E-state index is 0.361. The van der Waals surface area contributed by atoms with Crippen LogP contribution in [0, 0.1) is 13.8 Å². The molecule has 0 aliphatic heterocycles. The fourth-order valence-corrected chi connectivity index (χ4v) is 1.79. The van der Waals surface area contributed by atoms with Gasteiger partial charge in [-0.15, -0.1) is 0 Å². The van der Waals surface area contributed by atoms with Crippen LogP contribution < -0.4 is 5.73 Å². The number of nitrogens with two attached hydrogens (primary N) is 1. The molecule has 0 saturated heterocycles. The zero-order valence-corrected chi connectivity index (χ0v) is 10.3. The predicted octanol–water partition coefficient (Wildman–Crippen LogP) is 2.02. The third kappa shape index (κ3) is 2.79. The van der Waals surface area contributed by atoms with Gasteiger partial charge < -0.3 is 10.8 Å². The lowest BCUT2D eigenvalue weighted by Crippen LogP contribution is -2.32. The van der Waals surface area contributed by atoms with Gasteiger partial charge in [0.05, 0.1) is 0 Å². The summed E-state index contributed by atoms with van der Waals surface area (Å²) in [5.74, 6) is -0.967. The highest BCUT2D eigenvalue weighted by Crippen LogP contribution is 2.24. The molecule has 1 aromatic carbocycles.